The number of rotatable bonds is 5. The summed E-state index contributed by atoms with van der Waals surface area (Å²) < 4.78 is 0. The summed E-state index contributed by atoms with van der Waals surface area (Å²) in [6, 6.07) is 7.94. The van der Waals surface area contributed by atoms with Crippen LogP contribution in [0.4, 0.5) is 5.69 Å². The predicted molar refractivity (Wildman–Crippen MR) is 81.0 cm³/mol. The van der Waals surface area contributed by atoms with Gasteiger partial charge in [-0.3, -0.25) is 14.8 Å². The second-order valence-corrected chi connectivity index (χ2v) is 5.32. The maximum absolute atomic E-state index is 11.9. The predicted octanol–water partition coefficient (Wildman–Crippen LogP) is 2.54. The van der Waals surface area contributed by atoms with E-state index in [2.05, 4.69) is 20.6 Å². The van der Waals surface area contributed by atoms with Gasteiger partial charge in [-0.25, -0.2) is 0 Å². The first-order valence-corrected chi connectivity index (χ1v) is 7.16. The largest absolute Gasteiger partial charge is 0.377 e. The Labute approximate surface area is 123 Å². The SMILES string of the molecule is CC(Nc1ccc(C(=O)NC2CC2)cc1)c1cnccn1. The van der Waals surface area contributed by atoms with Gasteiger partial charge >= 0.3 is 0 Å². The molecule has 1 heterocycles. The van der Waals surface area contributed by atoms with E-state index in [1.54, 1.807) is 18.6 Å². The van der Waals surface area contributed by atoms with E-state index in [1.165, 1.54) is 0 Å². The van der Waals surface area contributed by atoms with Gasteiger partial charge in [-0.05, 0) is 44.0 Å². The molecule has 2 N–H and O–H groups in total. The third kappa shape index (κ3) is 3.56. The second kappa shape index (κ2) is 5.91. The molecule has 108 valence electrons. The van der Waals surface area contributed by atoms with Crippen LogP contribution in [0.2, 0.25) is 0 Å². The molecule has 21 heavy (non-hydrogen) atoms. The highest BCUT2D eigenvalue weighted by Crippen LogP contribution is 2.20. The molecular formula is C16H18N4O. The summed E-state index contributed by atoms with van der Waals surface area (Å²) in [5, 5.41) is 6.32. The van der Waals surface area contributed by atoms with Crippen molar-refractivity contribution < 1.29 is 4.79 Å². The number of carbonyl (C=O) groups is 1. The van der Waals surface area contributed by atoms with Gasteiger partial charge in [0.1, 0.15) is 0 Å². The lowest BCUT2D eigenvalue weighted by Crippen LogP contribution is -2.25. The molecule has 0 aliphatic heterocycles. The average molecular weight is 282 g/mol. The molecule has 5 heteroatoms. The molecular weight excluding hydrogens is 264 g/mol. The number of carbonyl (C=O) groups excluding carboxylic acids is 1. The molecule has 1 aromatic heterocycles. The van der Waals surface area contributed by atoms with E-state index in [1.807, 2.05) is 31.2 Å². The van der Waals surface area contributed by atoms with Crippen LogP contribution in [0.15, 0.2) is 42.9 Å². The summed E-state index contributed by atoms with van der Waals surface area (Å²) in [7, 11) is 0. The lowest BCUT2D eigenvalue weighted by Gasteiger charge is -2.14. The molecule has 1 aliphatic rings. The fourth-order valence-corrected chi connectivity index (χ4v) is 2.07. The molecule has 0 bridgehead atoms. The minimum Gasteiger partial charge on any atom is -0.377 e. The Hall–Kier alpha value is -2.43. The molecule has 1 fully saturated rings. The number of hydrogen-bond acceptors (Lipinski definition) is 4. The minimum absolute atomic E-state index is 0.00558. The van der Waals surface area contributed by atoms with Crippen LogP contribution in [-0.4, -0.2) is 21.9 Å². The molecule has 1 aliphatic carbocycles. The van der Waals surface area contributed by atoms with Crippen molar-refractivity contribution in [2.45, 2.75) is 31.8 Å². The fourth-order valence-electron chi connectivity index (χ4n) is 2.07. The maximum Gasteiger partial charge on any atom is 0.251 e. The lowest BCUT2D eigenvalue weighted by molar-refractivity contribution is 0.0951. The van der Waals surface area contributed by atoms with Crippen LogP contribution in [-0.2, 0) is 0 Å². The first-order valence-electron chi connectivity index (χ1n) is 7.16. The Morgan fingerprint density at radius 3 is 2.62 bits per heavy atom. The first-order chi connectivity index (χ1) is 10.2. The summed E-state index contributed by atoms with van der Waals surface area (Å²) in [5.74, 6) is 0.00558. The van der Waals surface area contributed by atoms with Crippen LogP contribution in [0.1, 0.15) is 41.9 Å². The number of benzene rings is 1. The van der Waals surface area contributed by atoms with Crippen molar-refractivity contribution in [1.82, 2.24) is 15.3 Å². The zero-order valence-electron chi connectivity index (χ0n) is 11.9. The van der Waals surface area contributed by atoms with Gasteiger partial charge in [0.05, 0.1) is 17.9 Å². The molecule has 3 rings (SSSR count). The van der Waals surface area contributed by atoms with Crippen molar-refractivity contribution in [3.8, 4) is 0 Å². The minimum atomic E-state index is 0.00558. The van der Waals surface area contributed by atoms with Gasteiger partial charge in [-0.1, -0.05) is 0 Å². The van der Waals surface area contributed by atoms with E-state index in [-0.39, 0.29) is 11.9 Å². The van der Waals surface area contributed by atoms with Gasteiger partial charge in [0.25, 0.3) is 5.91 Å². The molecule has 0 radical (unpaired) electrons. The molecule has 0 spiro atoms. The van der Waals surface area contributed by atoms with Gasteiger partial charge in [0.15, 0.2) is 0 Å². The molecule has 1 amide bonds. The zero-order chi connectivity index (χ0) is 14.7. The first kappa shape index (κ1) is 13.5. The van der Waals surface area contributed by atoms with Crippen molar-refractivity contribution in [2.75, 3.05) is 5.32 Å². The summed E-state index contributed by atoms with van der Waals surface area (Å²) in [4.78, 5) is 20.2. The van der Waals surface area contributed by atoms with Gasteiger partial charge in [0, 0.05) is 29.7 Å². The highest BCUT2D eigenvalue weighted by Gasteiger charge is 2.23. The van der Waals surface area contributed by atoms with E-state index in [0.29, 0.717) is 11.6 Å². The zero-order valence-corrected chi connectivity index (χ0v) is 11.9. The van der Waals surface area contributed by atoms with Crippen molar-refractivity contribution in [1.29, 1.82) is 0 Å². The normalized spacial score (nSPS) is 15.3. The number of nitrogens with one attached hydrogen (secondary N) is 2. The number of amides is 1. The summed E-state index contributed by atoms with van der Waals surface area (Å²) >= 11 is 0. The number of hydrogen-bond donors (Lipinski definition) is 2. The Morgan fingerprint density at radius 2 is 2.00 bits per heavy atom. The van der Waals surface area contributed by atoms with Gasteiger partial charge in [0.2, 0.25) is 0 Å². The number of anilines is 1. The van der Waals surface area contributed by atoms with Crippen LogP contribution in [0.25, 0.3) is 0 Å². The Bertz CT molecular complexity index is 608. The van der Waals surface area contributed by atoms with E-state index >= 15 is 0 Å². The van der Waals surface area contributed by atoms with Crippen molar-refractivity contribution in [3.05, 3.63) is 54.1 Å². The maximum atomic E-state index is 11.9. The summed E-state index contributed by atoms with van der Waals surface area (Å²) in [5.41, 5.74) is 2.53. The van der Waals surface area contributed by atoms with Gasteiger partial charge in [-0.2, -0.15) is 0 Å². The smallest absolute Gasteiger partial charge is 0.251 e. The Morgan fingerprint density at radius 1 is 1.24 bits per heavy atom. The summed E-state index contributed by atoms with van der Waals surface area (Å²) in [6.45, 7) is 2.03. The molecule has 1 atom stereocenters. The molecule has 2 aromatic rings. The topological polar surface area (TPSA) is 66.9 Å². The van der Waals surface area contributed by atoms with Crippen molar-refractivity contribution in [3.63, 3.8) is 0 Å². The molecule has 1 saturated carbocycles. The number of nitrogens with zero attached hydrogens (tertiary/aromatic N) is 2. The van der Waals surface area contributed by atoms with Crippen molar-refractivity contribution in [2.24, 2.45) is 0 Å². The Balaban J connectivity index is 1.62. The van der Waals surface area contributed by atoms with E-state index < -0.39 is 0 Å². The number of aromatic nitrogens is 2. The molecule has 1 aromatic carbocycles. The van der Waals surface area contributed by atoms with E-state index in [4.69, 9.17) is 0 Å². The van der Waals surface area contributed by atoms with Crippen LogP contribution < -0.4 is 10.6 Å². The van der Waals surface area contributed by atoms with Gasteiger partial charge in [-0.15, -0.1) is 0 Å². The standard InChI is InChI=1S/C16H18N4O/c1-11(15-10-17-8-9-18-15)19-13-4-2-12(3-5-13)16(21)20-14-6-7-14/h2-5,8-11,14,19H,6-7H2,1H3,(H,20,21). The molecule has 5 nitrogen and oxygen atoms in total. The average Bonchev–Trinajstić information content (AvgIpc) is 3.33. The third-order valence-electron chi connectivity index (χ3n) is 3.47. The van der Waals surface area contributed by atoms with Crippen LogP contribution in [0.5, 0.6) is 0 Å². The Kier molecular flexibility index (Phi) is 3.81. The monoisotopic (exact) mass is 282 g/mol. The van der Waals surface area contributed by atoms with Crippen LogP contribution >= 0.6 is 0 Å². The van der Waals surface area contributed by atoms with Crippen LogP contribution in [0.3, 0.4) is 0 Å². The molecule has 0 saturated heterocycles. The highest BCUT2D eigenvalue weighted by atomic mass is 16.1. The van der Waals surface area contributed by atoms with Crippen molar-refractivity contribution >= 4 is 11.6 Å². The third-order valence-corrected chi connectivity index (χ3v) is 3.47. The highest BCUT2D eigenvalue weighted by molar-refractivity contribution is 5.94. The molecule has 1 unspecified atom stereocenters. The lowest BCUT2D eigenvalue weighted by atomic mass is 10.1. The van der Waals surface area contributed by atoms with E-state index in [0.717, 1.165) is 24.2 Å². The quantitative estimate of drug-likeness (QED) is 0.884. The second-order valence-electron chi connectivity index (χ2n) is 5.32. The van der Waals surface area contributed by atoms with E-state index in [9.17, 15) is 4.79 Å². The summed E-state index contributed by atoms with van der Waals surface area (Å²) in [6.07, 6.45) is 7.28. The van der Waals surface area contributed by atoms with Crippen LogP contribution in [0, 0.1) is 0 Å². The fraction of sp³-hybridized carbons (Fsp3) is 0.312. The van der Waals surface area contributed by atoms with Gasteiger partial charge < -0.3 is 10.6 Å².